The highest BCUT2D eigenvalue weighted by molar-refractivity contribution is 5.85. The fraction of sp³-hybridized carbons (Fsp3) is 0.400. The summed E-state index contributed by atoms with van der Waals surface area (Å²) < 4.78 is 12.8. The maximum atomic E-state index is 12.8. The SMILES string of the molecule is CC[C@@H](N)c1cc(F)ccc1C.Cl. The minimum absolute atomic E-state index is 0. The van der Waals surface area contributed by atoms with Gasteiger partial charge in [0.05, 0.1) is 0 Å². The number of halogens is 2. The molecule has 13 heavy (non-hydrogen) atoms. The number of benzene rings is 1. The van der Waals surface area contributed by atoms with Crippen LogP contribution in [0, 0.1) is 12.7 Å². The van der Waals surface area contributed by atoms with Gasteiger partial charge in [-0.2, -0.15) is 0 Å². The normalized spacial score (nSPS) is 12.0. The van der Waals surface area contributed by atoms with E-state index in [-0.39, 0.29) is 24.3 Å². The molecule has 0 spiro atoms. The predicted octanol–water partition coefficient (Wildman–Crippen LogP) is 2.97. The third-order valence-corrected chi connectivity index (χ3v) is 2.08. The van der Waals surface area contributed by atoms with Crippen molar-refractivity contribution in [2.75, 3.05) is 0 Å². The van der Waals surface area contributed by atoms with Gasteiger partial charge in [0.15, 0.2) is 0 Å². The lowest BCUT2D eigenvalue weighted by Crippen LogP contribution is -2.10. The molecular weight excluding hydrogens is 189 g/mol. The van der Waals surface area contributed by atoms with Gasteiger partial charge in [0.2, 0.25) is 0 Å². The van der Waals surface area contributed by atoms with Gasteiger partial charge < -0.3 is 5.73 Å². The number of rotatable bonds is 2. The van der Waals surface area contributed by atoms with E-state index < -0.39 is 0 Å². The molecule has 0 amide bonds. The van der Waals surface area contributed by atoms with E-state index in [9.17, 15) is 4.39 Å². The van der Waals surface area contributed by atoms with Crippen LogP contribution in [0.15, 0.2) is 18.2 Å². The summed E-state index contributed by atoms with van der Waals surface area (Å²) in [6, 6.07) is 4.70. The van der Waals surface area contributed by atoms with Crippen molar-refractivity contribution in [3.8, 4) is 0 Å². The van der Waals surface area contributed by atoms with Gasteiger partial charge in [-0.3, -0.25) is 0 Å². The summed E-state index contributed by atoms with van der Waals surface area (Å²) in [6.07, 6.45) is 0.838. The Morgan fingerprint density at radius 3 is 2.62 bits per heavy atom. The molecule has 0 aliphatic carbocycles. The molecule has 0 fully saturated rings. The van der Waals surface area contributed by atoms with Gasteiger partial charge in [-0.25, -0.2) is 4.39 Å². The standard InChI is InChI=1S/C10H14FN.ClH/c1-3-10(12)9-6-8(11)5-4-7(9)2;/h4-6,10H,3,12H2,1-2H3;1H/t10-;/m1./s1. The summed E-state index contributed by atoms with van der Waals surface area (Å²) in [5, 5.41) is 0. The summed E-state index contributed by atoms with van der Waals surface area (Å²) in [6.45, 7) is 3.94. The van der Waals surface area contributed by atoms with Crippen LogP contribution in [-0.2, 0) is 0 Å². The van der Waals surface area contributed by atoms with Gasteiger partial charge in [0.25, 0.3) is 0 Å². The Kier molecular flexibility index (Phi) is 4.96. The number of hydrogen-bond acceptors (Lipinski definition) is 1. The van der Waals surface area contributed by atoms with Crippen molar-refractivity contribution in [2.45, 2.75) is 26.3 Å². The van der Waals surface area contributed by atoms with E-state index >= 15 is 0 Å². The lowest BCUT2D eigenvalue weighted by atomic mass is 10.0. The Labute approximate surface area is 84.5 Å². The largest absolute Gasteiger partial charge is 0.324 e. The number of nitrogens with two attached hydrogens (primary N) is 1. The zero-order valence-corrected chi connectivity index (χ0v) is 8.70. The third-order valence-electron chi connectivity index (χ3n) is 2.08. The second-order valence-corrected chi connectivity index (χ2v) is 3.02. The molecule has 1 rings (SSSR count). The Morgan fingerprint density at radius 1 is 1.46 bits per heavy atom. The van der Waals surface area contributed by atoms with E-state index in [4.69, 9.17) is 5.73 Å². The van der Waals surface area contributed by atoms with Crippen LogP contribution in [0.3, 0.4) is 0 Å². The molecule has 2 N–H and O–H groups in total. The molecule has 0 aliphatic rings. The van der Waals surface area contributed by atoms with Crippen molar-refractivity contribution in [3.63, 3.8) is 0 Å². The van der Waals surface area contributed by atoms with Crippen LogP contribution in [-0.4, -0.2) is 0 Å². The zero-order valence-electron chi connectivity index (χ0n) is 7.88. The van der Waals surface area contributed by atoms with Crippen molar-refractivity contribution in [1.82, 2.24) is 0 Å². The molecular formula is C10H15ClFN. The summed E-state index contributed by atoms with van der Waals surface area (Å²) in [4.78, 5) is 0. The van der Waals surface area contributed by atoms with Crippen molar-refractivity contribution < 1.29 is 4.39 Å². The first-order chi connectivity index (χ1) is 5.65. The minimum Gasteiger partial charge on any atom is -0.324 e. The smallest absolute Gasteiger partial charge is 0.123 e. The van der Waals surface area contributed by atoms with Gasteiger partial charge in [0, 0.05) is 6.04 Å². The topological polar surface area (TPSA) is 26.0 Å². The second kappa shape index (κ2) is 5.20. The number of aryl methyl sites for hydroxylation is 1. The fourth-order valence-electron chi connectivity index (χ4n) is 1.23. The fourth-order valence-corrected chi connectivity index (χ4v) is 1.23. The van der Waals surface area contributed by atoms with E-state index in [0.717, 1.165) is 17.5 Å². The molecule has 0 unspecified atom stereocenters. The first-order valence-corrected chi connectivity index (χ1v) is 4.16. The van der Waals surface area contributed by atoms with E-state index in [2.05, 4.69) is 0 Å². The lowest BCUT2D eigenvalue weighted by molar-refractivity contribution is 0.615. The van der Waals surface area contributed by atoms with Crippen LogP contribution in [0.4, 0.5) is 4.39 Å². The van der Waals surface area contributed by atoms with Crippen molar-refractivity contribution in [2.24, 2.45) is 5.73 Å². The van der Waals surface area contributed by atoms with Crippen LogP contribution in [0.2, 0.25) is 0 Å². The maximum absolute atomic E-state index is 12.8. The van der Waals surface area contributed by atoms with Crippen LogP contribution < -0.4 is 5.73 Å². The van der Waals surface area contributed by atoms with Gasteiger partial charge in [-0.15, -0.1) is 12.4 Å². The molecule has 0 saturated carbocycles. The average molecular weight is 204 g/mol. The second-order valence-electron chi connectivity index (χ2n) is 3.02. The molecule has 3 heteroatoms. The Bertz CT molecular complexity index is 276. The van der Waals surface area contributed by atoms with Gasteiger partial charge >= 0.3 is 0 Å². The quantitative estimate of drug-likeness (QED) is 0.786. The monoisotopic (exact) mass is 203 g/mol. The summed E-state index contributed by atoms with van der Waals surface area (Å²) in [7, 11) is 0. The van der Waals surface area contributed by atoms with Crippen LogP contribution >= 0.6 is 12.4 Å². The predicted molar refractivity (Wildman–Crippen MR) is 55.6 cm³/mol. The zero-order chi connectivity index (χ0) is 9.14. The maximum Gasteiger partial charge on any atom is 0.123 e. The molecule has 0 aromatic heterocycles. The molecule has 1 nitrogen and oxygen atoms in total. The number of hydrogen-bond donors (Lipinski definition) is 1. The van der Waals surface area contributed by atoms with E-state index in [0.29, 0.717) is 0 Å². The molecule has 1 aromatic rings. The third kappa shape index (κ3) is 2.98. The van der Waals surface area contributed by atoms with Crippen molar-refractivity contribution in [1.29, 1.82) is 0 Å². The van der Waals surface area contributed by atoms with Crippen molar-refractivity contribution in [3.05, 3.63) is 35.1 Å². The van der Waals surface area contributed by atoms with E-state index in [1.807, 2.05) is 13.8 Å². The van der Waals surface area contributed by atoms with Crippen LogP contribution in [0.25, 0.3) is 0 Å². The van der Waals surface area contributed by atoms with Crippen molar-refractivity contribution >= 4 is 12.4 Å². The molecule has 0 saturated heterocycles. The highest BCUT2D eigenvalue weighted by atomic mass is 35.5. The highest BCUT2D eigenvalue weighted by Gasteiger charge is 2.06. The van der Waals surface area contributed by atoms with Gasteiger partial charge in [-0.1, -0.05) is 13.0 Å². The molecule has 1 aromatic carbocycles. The average Bonchev–Trinajstić information content (AvgIpc) is 2.08. The Morgan fingerprint density at radius 2 is 2.08 bits per heavy atom. The summed E-state index contributed by atoms with van der Waals surface area (Å²) in [5.74, 6) is -0.209. The van der Waals surface area contributed by atoms with Gasteiger partial charge in [0.1, 0.15) is 5.82 Å². The van der Waals surface area contributed by atoms with E-state index in [1.54, 1.807) is 6.07 Å². The first-order valence-electron chi connectivity index (χ1n) is 4.16. The minimum atomic E-state index is -0.209. The molecule has 0 radical (unpaired) electrons. The van der Waals surface area contributed by atoms with Crippen LogP contribution in [0.1, 0.15) is 30.5 Å². The van der Waals surface area contributed by atoms with Crippen LogP contribution in [0.5, 0.6) is 0 Å². The molecule has 74 valence electrons. The van der Waals surface area contributed by atoms with E-state index in [1.165, 1.54) is 12.1 Å². The first kappa shape index (κ1) is 12.4. The Hall–Kier alpha value is -0.600. The summed E-state index contributed by atoms with van der Waals surface area (Å²) in [5.41, 5.74) is 7.77. The molecule has 0 heterocycles. The molecule has 1 atom stereocenters. The van der Waals surface area contributed by atoms with Gasteiger partial charge in [-0.05, 0) is 36.6 Å². The summed E-state index contributed by atoms with van der Waals surface area (Å²) >= 11 is 0. The lowest BCUT2D eigenvalue weighted by Gasteiger charge is -2.11. The molecule has 0 aliphatic heterocycles. The Balaban J connectivity index is 0.00000144. The highest BCUT2D eigenvalue weighted by Crippen LogP contribution is 2.18. The molecule has 0 bridgehead atoms.